The molecule has 2 heterocycles. The summed E-state index contributed by atoms with van der Waals surface area (Å²) in [7, 11) is -3.03. The molecule has 9 heteroatoms. The lowest BCUT2D eigenvalue weighted by atomic mass is 10.4. The zero-order chi connectivity index (χ0) is 15.1. The molecule has 7 nitrogen and oxygen atoms in total. The van der Waals surface area contributed by atoms with Gasteiger partial charge >= 0.3 is 0 Å². The third-order valence-corrected chi connectivity index (χ3v) is 5.13. The Hall–Kier alpha value is -0.810. The van der Waals surface area contributed by atoms with Crippen molar-refractivity contribution in [3.63, 3.8) is 0 Å². The van der Waals surface area contributed by atoms with Crippen LogP contribution < -0.4 is 10.6 Å². The molecule has 1 aromatic rings. The van der Waals surface area contributed by atoms with Gasteiger partial charge in [-0.3, -0.25) is 0 Å². The molecular formula is C13H23IN4O3S. The molecule has 0 unspecified atom stereocenters. The first-order chi connectivity index (χ1) is 10.1. The Morgan fingerprint density at radius 2 is 2.27 bits per heavy atom. The van der Waals surface area contributed by atoms with Gasteiger partial charge in [0.2, 0.25) is 10.0 Å². The smallest absolute Gasteiger partial charge is 0.214 e. The quantitative estimate of drug-likeness (QED) is 0.390. The summed E-state index contributed by atoms with van der Waals surface area (Å²) >= 11 is 0. The highest BCUT2D eigenvalue weighted by molar-refractivity contribution is 14.0. The van der Waals surface area contributed by atoms with E-state index in [9.17, 15) is 8.42 Å². The lowest BCUT2D eigenvalue weighted by molar-refractivity contribution is 0.445. The van der Waals surface area contributed by atoms with Gasteiger partial charge in [-0.25, -0.2) is 17.7 Å². The molecule has 0 amide bonds. The summed E-state index contributed by atoms with van der Waals surface area (Å²) < 4.78 is 30.1. The SMILES string of the molecule is CCNC(=NCc1ccco1)NCCN1CCCS1(=O)=O.I. The fraction of sp³-hybridized carbons (Fsp3) is 0.615. The molecule has 0 aromatic carbocycles. The largest absolute Gasteiger partial charge is 0.467 e. The number of nitrogens with one attached hydrogen (secondary N) is 2. The average Bonchev–Trinajstić information content (AvgIpc) is 3.06. The predicted molar refractivity (Wildman–Crippen MR) is 96.9 cm³/mol. The maximum atomic E-state index is 11.7. The normalized spacial score (nSPS) is 18.0. The van der Waals surface area contributed by atoms with Crippen molar-refractivity contribution in [1.82, 2.24) is 14.9 Å². The van der Waals surface area contributed by atoms with E-state index in [0.717, 1.165) is 18.7 Å². The Morgan fingerprint density at radius 1 is 1.45 bits per heavy atom. The summed E-state index contributed by atoms with van der Waals surface area (Å²) in [5.74, 6) is 1.71. The van der Waals surface area contributed by atoms with Crippen LogP contribution in [0.1, 0.15) is 19.1 Å². The van der Waals surface area contributed by atoms with Gasteiger partial charge in [0.15, 0.2) is 5.96 Å². The molecule has 2 N–H and O–H groups in total. The van der Waals surface area contributed by atoms with E-state index in [2.05, 4.69) is 15.6 Å². The molecule has 0 radical (unpaired) electrons. The number of furan rings is 1. The molecule has 0 spiro atoms. The van der Waals surface area contributed by atoms with E-state index in [4.69, 9.17) is 4.42 Å². The second-order valence-electron chi connectivity index (χ2n) is 4.77. The third-order valence-electron chi connectivity index (χ3n) is 3.17. The lowest BCUT2D eigenvalue weighted by Crippen LogP contribution is -2.42. The molecule has 1 aromatic heterocycles. The van der Waals surface area contributed by atoms with Crippen molar-refractivity contribution in [3.05, 3.63) is 24.2 Å². The zero-order valence-corrected chi connectivity index (χ0v) is 15.8. The van der Waals surface area contributed by atoms with Crippen LogP contribution in [0.2, 0.25) is 0 Å². The summed E-state index contributed by atoms with van der Waals surface area (Å²) in [6.45, 7) is 4.78. The second-order valence-corrected chi connectivity index (χ2v) is 6.86. The van der Waals surface area contributed by atoms with Crippen molar-refractivity contribution in [2.24, 2.45) is 4.99 Å². The Labute approximate surface area is 148 Å². The Morgan fingerprint density at radius 3 is 2.86 bits per heavy atom. The fourth-order valence-corrected chi connectivity index (χ4v) is 3.67. The van der Waals surface area contributed by atoms with E-state index in [0.29, 0.717) is 32.1 Å². The molecule has 1 aliphatic rings. The summed E-state index contributed by atoms with van der Waals surface area (Å²) in [5, 5.41) is 6.26. The van der Waals surface area contributed by atoms with Crippen LogP contribution in [0.3, 0.4) is 0 Å². The van der Waals surface area contributed by atoms with Gasteiger partial charge in [-0.1, -0.05) is 0 Å². The first-order valence-corrected chi connectivity index (χ1v) is 8.75. The summed E-state index contributed by atoms with van der Waals surface area (Å²) in [6, 6.07) is 3.69. The minimum atomic E-state index is -3.03. The van der Waals surface area contributed by atoms with Gasteiger partial charge in [0.05, 0.1) is 12.0 Å². The van der Waals surface area contributed by atoms with Crippen LogP contribution in [0.15, 0.2) is 27.8 Å². The van der Waals surface area contributed by atoms with Gasteiger partial charge in [0, 0.05) is 26.2 Å². The van der Waals surface area contributed by atoms with E-state index in [1.807, 2.05) is 19.1 Å². The molecule has 1 saturated heterocycles. The van der Waals surface area contributed by atoms with Crippen LogP contribution in [-0.2, 0) is 16.6 Å². The van der Waals surface area contributed by atoms with Gasteiger partial charge in [-0.15, -0.1) is 24.0 Å². The van der Waals surface area contributed by atoms with Crippen molar-refractivity contribution in [1.29, 1.82) is 0 Å². The maximum Gasteiger partial charge on any atom is 0.214 e. The first-order valence-electron chi connectivity index (χ1n) is 7.14. The van der Waals surface area contributed by atoms with Crippen LogP contribution in [0.4, 0.5) is 0 Å². The average molecular weight is 442 g/mol. The number of guanidine groups is 1. The summed E-state index contributed by atoms with van der Waals surface area (Å²) in [6.07, 6.45) is 2.33. The highest BCUT2D eigenvalue weighted by atomic mass is 127. The number of hydrogen-bond donors (Lipinski definition) is 2. The summed E-state index contributed by atoms with van der Waals surface area (Å²) in [4.78, 5) is 4.39. The van der Waals surface area contributed by atoms with E-state index >= 15 is 0 Å². The number of rotatable bonds is 6. The standard InChI is InChI=1S/C13H22N4O3S.HI/c1-2-14-13(16-11-12-5-3-9-20-12)15-6-8-17-7-4-10-21(17,18)19;/h3,5,9H,2,4,6-8,10-11H2,1H3,(H2,14,15,16);1H. The monoisotopic (exact) mass is 442 g/mol. The van der Waals surface area contributed by atoms with Crippen molar-refractivity contribution in [2.75, 3.05) is 31.9 Å². The van der Waals surface area contributed by atoms with Crippen molar-refractivity contribution in [2.45, 2.75) is 19.9 Å². The van der Waals surface area contributed by atoms with E-state index < -0.39 is 10.0 Å². The van der Waals surface area contributed by atoms with Gasteiger partial charge in [-0.2, -0.15) is 0 Å². The van der Waals surface area contributed by atoms with E-state index in [-0.39, 0.29) is 29.7 Å². The van der Waals surface area contributed by atoms with Crippen LogP contribution in [-0.4, -0.2) is 50.6 Å². The van der Waals surface area contributed by atoms with Gasteiger partial charge in [-0.05, 0) is 25.5 Å². The van der Waals surface area contributed by atoms with Crippen LogP contribution in [0.5, 0.6) is 0 Å². The predicted octanol–water partition coefficient (Wildman–Crippen LogP) is 0.988. The van der Waals surface area contributed by atoms with Crippen molar-refractivity contribution in [3.8, 4) is 0 Å². The Bertz CT molecular complexity index is 560. The maximum absolute atomic E-state index is 11.7. The Balaban J connectivity index is 0.00000242. The Kier molecular flexibility index (Phi) is 8.18. The molecule has 0 bridgehead atoms. The first kappa shape index (κ1) is 19.2. The molecule has 0 aliphatic carbocycles. The minimum Gasteiger partial charge on any atom is -0.467 e. The molecule has 126 valence electrons. The molecule has 1 aliphatic heterocycles. The lowest BCUT2D eigenvalue weighted by Gasteiger charge is -2.16. The van der Waals surface area contributed by atoms with Gasteiger partial charge in [0.1, 0.15) is 12.3 Å². The number of hydrogen-bond acceptors (Lipinski definition) is 4. The second kappa shape index (κ2) is 9.36. The molecule has 22 heavy (non-hydrogen) atoms. The number of nitrogens with zero attached hydrogens (tertiary/aromatic N) is 2. The minimum absolute atomic E-state index is 0. The molecule has 0 saturated carbocycles. The molecule has 2 rings (SSSR count). The number of halogens is 1. The van der Waals surface area contributed by atoms with Crippen LogP contribution >= 0.6 is 24.0 Å². The van der Waals surface area contributed by atoms with Gasteiger partial charge in [0.25, 0.3) is 0 Å². The van der Waals surface area contributed by atoms with Crippen LogP contribution in [0, 0.1) is 0 Å². The van der Waals surface area contributed by atoms with Crippen molar-refractivity contribution < 1.29 is 12.8 Å². The van der Waals surface area contributed by atoms with E-state index in [1.165, 1.54) is 4.31 Å². The highest BCUT2D eigenvalue weighted by Gasteiger charge is 2.27. The summed E-state index contributed by atoms with van der Waals surface area (Å²) in [5.41, 5.74) is 0. The van der Waals surface area contributed by atoms with Crippen LogP contribution in [0.25, 0.3) is 0 Å². The molecule has 0 atom stereocenters. The topological polar surface area (TPSA) is 86.9 Å². The fourth-order valence-electron chi connectivity index (χ4n) is 2.14. The zero-order valence-electron chi connectivity index (χ0n) is 12.6. The van der Waals surface area contributed by atoms with Crippen molar-refractivity contribution >= 4 is 40.0 Å². The van der Waals surface area contributed by atoms with E-state index in [1.54, 1.807) is 6.26 Å². The highest BCUT2D eigenvalue weighted by Crippen LogP contribution is 2.11. The third kappa shape index (κ3) is 5.76. The van der Waals surface area contributed by atoms with Gasteiger partial charge < -0.3 is 15.1 Å². The number of aliphatic imine (C=N–C) groups is 1. The molecular weight excluding hydrogens is 419 g/mol. The molecule has 1 fully saturated rings. The number of sulfonamides is 1.